The molecular formula is C19H20N2O2. The van der Waals surface area contributed by atoms with Gasteiger partial charge in [0.15, 0.2) is 0 Å². The van der Waals surface area contributed by atoms with Gasteiger partial charge in [-0.2, -0.15) is 0 Å². The minimum absolute atomic E-state index is 0.0483. The van der Waals surface area contributed by atoms with Crippen LogP contribution in [0.5, 0.6) is 5.75 Å². The molecule has 0 unspecified atom stereocenters. The van der Waals surface area contributed by atoms with Crippen LogP contribution in [0, 0.1) is 13.8 Å². The van der Waals surface area contributed by atoms with Crippen molar-refractivity contribution < 1.29 is 9.53 Å². The van der Waals surface area contributed by atoms with Crippen LogP contribution < -0.4 is 10.1 Å². The lowest BCUT2D eigenvalue weighted by molar-refractivity contribution is -0.118. The molecule has 2 heterocycles. The van der Waals surface area contributed by atoms with E-state index in [1.165, 1.54) is 5.56 Å². The minimum Gasteiger partial charge on any atom is -0.493 e. The van der Waals surface area contributed by atoms with Gasteiger partial charge in [0.25, 0.3) is 0 Å². The van der Waals surface area contributed by atoms with Gasteiger partial charge in [-0.25, -0.2) is 4.98 Å². The highest BCUT2D eigenvalue weighted by molar-refractivity contribution is 6.01. The maximum atomic E-state index is 12.8. The Balaban J connectivity index is 1.59. The fourth-order valence-electron chi connectivity index (χ4n) is 3.19. The second-order valence-electron chi connectivity index (χ2n) is 6.56. The number of fused-ring (bicyclic) bond motifs is 1. The van der Waals surface area contributed by atoms with Crippen LogP contribution in [0.2, 0.25) is 0 Å². The molecule has 0 bridgehead atoms. The molecule has 0 atom stereocenters. The SMILES string of the molecule is Cc1ccc(NC(=O)C2(c3ccc4c(c3)CCO4)CC2)nc1C. The average molecular weight is 308 g/mol. The topological polar surface area (TPSA) is 51.2 Å². The van der Waals surface area contributed by atoms with E-state index in [4.69, 9.17) is 4.74 Å². The lowest BCUT2D eigenvalue weighted by atomic mass is 9.93. The Hall–Kier alpha value is -2.36. The maximum absolute atomic E-state index is 12.8. The fourth-order valence-corrected chi connectivity index (χ4v) is 3.19. The van der Waals surface area contributed by atoms with E-state index in [0.717, 1.165) is 48.4 Å². The second kappa shape index (κ2) is 5.08. The van der Waals surface area contributed by atoms with Gasteiger partial charge in [-0.15, -0.1) is 0 Å². The first-order chi connectivity index (χ1) is 11.1. The molecule has 1 saturated carbocycles. The Morgan fingerprint density at radius 2 is 2.04 bits per heavy atom. The van der Waals surface area contributed by atoms with Crippen LogP contribution in [0.25, 0.3) is 0 Å². The van der Waals surface area contributed by atoms with Crippen LogP contribution in [0.1, 0.15) is 35.2 Å². The third-order valence-corrected chi connectivity index (χ3v) is 5.02. The molecule has 4 heteroatoms. The molecule has 2 aliphatic rings. The van der Waals surface area contributed by atoms with E-state index in [0.29, 0.717) is 5.82 Å². The van der Waals surface area contributed by atoms with Crippen molar-refractivity contribution in [3.05, 3.63) is 52.7 Å². The van der Waals surface area contributed by atoms with Crippen LogP contribution in [-0.4, -0.2) is 17.5 Å². The molecule has 1 amide bonds. The van der Waals surface area contributed by atoms with Crippen molar-refractivity contribution in [1.82, 2.24) is 4.98 Å². The number of rotatable bonds is 3. The van der Waals surface area contributed by atoms with E-state index in [1.807, 2.05) is 38.1 Å². The summed E-state index contributed by atoms with van der Waals surface area (Å²) >= 11 is 0. The Morgan fingerprint density at radius 1 is 1.22 bits per heavy atom. The highest BCUT2D eigenvalue weighted by atomic mass is 16.5. The van der Waals surface area contributed by atoms with Gasteiger partial charge < -0.3 is 10.1 Å². The Kier molecular flexibility index (Phi) is 3.15. The molecule has 1 aromatic carbocycles. The first kappa shape index (κ1) is 14.2. The Labute approximate surface area is 135 Å². The van der Waals surface area contributed by atoms with Gasteiger partial charge >= 0.3 is 0 Å². The third kappa shape index (κ3) is 2.38. The second-order valence-corrected chi connectivity index (χ2v) is 6.56. The quantitative estimate of drug-likeness (QED) is 0.946. The number of hydrogen-bond donors (Lipinski definition) is 1. The van der Waals surface area contributed by atoms with Gasteiger partial charge in [0.1, 0.15) is 11.6 Å². The minimum atomic E-state index is -0.391. The molecule has 23 heavy (non-hydrogen) atoms. The van der Waals surface area contributed by atoms with Crippen molar-refractivity contribution in [1.29, 1.82) is 0 Å². The van der Waals surface area contributed by atoms with E-state index in [1.54, 1.807) is 0 Å². The van der Waals surface area contributed by atoms with Crippen LogP contribution >= 0.6 is 0 Å². The molecule has 0 radical (unpaired) electrons. The van der Waals surface area contributed by atoms with E-state index in [-0.39, 0.29) is 5.91 Å². The summed E-state index contributed by atoms with van der Waals surface area (Å²) in [5.74, 6) is 1.64. The highest BCUT2D eigenvalue weighted by Crippen LogP contribution is 2.50. The number of nitrogens with one attached hydrogen (secondary N) is 1. The lowest BCUT2D eigenvalue weighted by Crippen LogP contribution is -2.28. The smallest absolute Gasteiger partial charge is 0.236 e. The maximum Gasteiger partial charge on any atom is 0.236 e. The average Bonchev–Trinajstić information content (AvgIpc) is 3.22. The standard InChI is InChI=1S/C19H20N2O2/c1-12-3-6-17(20-13(12)2)21-18(22)19(8-9-19)15-4-5-16-14(11-15)7-10-23-16/h3-6,11H,7-10H2,1-2H3,(H,20,21,22). The van der Waals surface area contributed by atoms with E-state index in [2.05, 4.69) is 16.4 Å². The summed E-state index contributed by atoms with van der Waals surface area (Å²) in [7, 11) is 0. The number of amides is 1. The summed E-state index contributed by atoms with van der Waals surface area (Å²) in [5.41, 5.74) is 4.00. The van der Waals surface area contributed by atoms with Crippen molar-refractivity contribution in [2.45, 2.75) is 38.5 Å². The van der Waals surface area contributed by atoms with Crippen LogP contribution in [0.4, 0.5) is 5.82 Å². The number of pyridine rings is 1. The summed E-state index contributed by atoms with van der Waals surface area (Å²) in [4.78, 5) is 17.3. The normalized spacial score (nSPS) is 17.3. The van der Waals surface area contributed by atoms with Gasteiger partial charge in [-0.1, -0.05) is 18.2 Å². The van der Waals surface area contributed by atoms with Crippen LogP contribution in [-0.2, 0) is 16.6 Å². The van der Waals surface area contributed by atoms with Gasteiger partial charge in [-0.05, 0) is 55.5 Å². The number of aromatic nitrogens is 1. The molecule has 4 nitrogen and oxygen atoms in total. The number of aryl methyl sites for hydroxylation is 2. The molecule has 0 spiro atoms. The predicted octanol–water partition coefficient (Wildman–Crippen LogP) is 3.30. The first-order valence-corrected chi connectivity index (χ1v) is 8.10. The fraction of sp³-hybridized carbons (Fsp3) is 0.368. The monoisotopic (exact) mass is 308 g/mol. The first-order valence-electron chi connectivity index (χ1n) is 8.10. The van der Waals surface area contributed by atoms with Crippen molar-refractivity contribution in [3.63, 3.8) is 0 Å². The summed E-state index contributed by atoms with van der Waals surface area (Å²) in [5, 5.41) is 3.00. The number of benzene rings is 1. The molecule has 0 saturated heterocycles. The number of carbonyl (C=O) groups is 1. The molecule has 118 valence electrons. The summed E-state index contributed by atoms with van der Waals surface area (Å²) < 4.78 is 5.56. The lowest BCUT2D eigenvalue weighted by Gasteiger charge is -2.16. The molecular weight excluding hydrogens is 288 g/mol. The van der Waals surface area contributed by atoms with Gasteiger partial charge in [0.2, 0.25) is 5.91 Å². The number of nitrogens with zero attached hydrogens (tertiary/aromatic N) is 1. The zero-order valence-electron chi connectivity index (χ0n) is 13.5. The molecule has 1 fully saturated rings. The molecule has 4 rings (SSSR count). The summed E-state index contributed by atoms with van der Waals surface area (Å²) in [6.07, 6.45) is 2.71. The molecule has 1 aliphatic carbocycles. The predicted molar refractivity (Wildman–Crippen MR) is 88.9 cm³/mol. The number of anilines is 1. The molecule has 1 aliphatic heterocycles. The largest absolute Gasteiger partial charge is 0.493 e. The Morgan fingerprint density at radius 3 is 2.78 bits per heavy atom. The van der Waals surface area contributed by atoms with Crippen molar-refractivity contribution in [2.24, 2.45) is 0 Å². The third-order valence-electron chi connectivity index (χ3n) is 5.02. The van der Waals surface area contributed by atoms with E-state index < -0.39 is 5.41 Å². The van der Waals surface area contributed by atoms with E-state index in [9.17, 15) is 4.79 Å². The Bertz CT molecular complexity index is 794. The van der Waals surface area contributed by atoms with E-state index >= 15 is 0 Å². The summed E-state index contributed by atoms with van der Waals surface area (Å²) in [6, 6.07) is 10.0. The molecule has 1 N–H and O–H groups in total. The summed E-state index contributed by atoms with van der Waals surface area (Å²) in [6.45, 7) is 4.71. The zero-order valence-corrected chi connectivity index (χ0v) is 13.5. The van der Waals surface area contributed by atoms with Gasteiger partial charge in [0.05, 0.1) is 12.0 Å². The van der Waals surface area contributed by atoms with Crippen molar-refractivity contribution in [2.75, 3.05) is 11.9 Å². The molecule has 2 aromatic rings. The van der Waals surface area contributed by atoms with Crippen LogP contribution in [0.15, 0.2) is 30.3 Å². The highest BCUT2D eigenvalue weighted by Gasteiger charge is 2.51. The van der Waals surface area contributed by atoms with Crippen LogP contribution in [0.3, 0.4) is 0 Å². The van der Waals surface area contributed by atoms with Gasteiger partial charge in [0, 0.05) is 12.1 Å². The zero-order chi connectivity index (χ0) is 16.0. The van der Waals surface area contributed by atoms with Crippen molar-refractivity contribution >= 4 is 11.7 Å². The number of hydrogen-bond acceptors (Lipinski definition) is 3. The number of carbonyl (C=O) groups excluding carboxylic acids is 1. The van der Waals surface area contributed by atoms with Crippen molar-refractivity contribution in [3.8, 4) is 5.75 Å². The number of ether oxygens (including phenoxy) is 1. The molecule has 1 aromatic heterocycles. The van der Waals surface area contributed by atoms with Gasteiger partial charge in [-0.3, -0.25) is 4.79 Å².